The van der Waals surface area contributed by atoms with Gasteiger partial charge in [0.15, 0.2) is 12.4 Å². The van der Waals surface area contributed by atoms with Crippen LogP contribution in [0.2, 0.25) is 0 Å². The number of carbonyl (C=O) groups is 2. The Morgan fingerprint density at radius 3 is 2.64 bits per heavy atom. The van der Waals surface area contributed by atoms with Crippen LogP contribution in [0.4, 0.5) is 4.39 Å². The maximum Gasteiger partial charge on any atom is 0.258 e. The number of Topliss-reactive ketones (excluding diaryl/α,β-unsaturated/α-hetero) is 1. The largest absolute Gasteiger partial charge is 0.484 e. The first-order valence-electron chi connectivity index (χ1n) is 6.79. The van der Waals surface area contributed by atoms with Gasteiger partial charge in [0.05, 0.1) is 0 Å². The summed E-state index contributed by atoms with van der Waals surface area (Å²) in [6.07, 6.45) is 0. The van der Waals surface area contributed by atoms with Crippen molar-refractivity contribution in [3.63, 3.8) is 0 Å². The van der Waals surface area contributed by atoms with Crippen molar-refractivity contribution in [1.29, 1.82) is 0 Å². The topological polar surface area (TPSA) is 55.4 Å². The van der Waals surface area contributed by atoms with Crippen molar-refractivity contribution in [3.8, 4) is 5.75 Å². The molecule has 1 amide bonds. The first-order valence-corrected chi connectivity index (χ1v) is 6.79. The molecular formula is C17H16FNO3. The van der Waals surface area contributed by atoms with Crippen LogP contribution in [0.1, 0.15) is 22.8 Å². The van der Waals surface area contributed by atoms with Gasteiger partial charge in [0.25, 0.3) is 5.91 Å². The fourth-order valence-corrected chi connectivity index (χ4v) is 1.85. The normalized spacial score (nSPS) is 10.1. The molecule has 0 radical (unpaired) electrons. The molecule has 0 unspecified atom stereocenters. The maximum atomic E-state index is 13.0. The molecule has 0 aliphatic rings. The Bertz CT molecular complexity index is 685. The molecule has 4 nitrogen and oxygen atoms in total. The van der Waals surface area contributed by atoms with Gasteiger partial charge in [0, 0.05) is 12.1 Å². The van der Waals surface area contributed by atoms with Crippen LogP contribution in [-0.4, -0.2) is 18.3 Å². The molecule has 0 heterocycles. The smallest absolute Gasteiger partial charge is 0.258 e. The quantitative estimate of drug-likeness (QED) is 0.835. The Kier molecular flexibility index (Phi) is 5.25. The van der Waals surface area contributed by atoms with E-state index < -0.39 is 0 Å². The molecule has 0 saturated heterocycles. The van der Waals surface area contributed by atoms with Gasteiger partial charge in [-0.3, -0.25) is 9.59 Å². The second-order valence-electron chi connectivity index (χ2n) is 4.78. The second kappa shape index (κ2) is 7.36. The summed E-state index contributed by atoms with van der Waals surface area (Å²) in [5.74, 6) is -0.281. The van der Waals surface area contributed by atoms with E-state index >= 15 is 0 Å². The van der Waals surface area contributed by atoms with E-state index in [1.54, 1.807) is 36.4 Å². The summed E-state index contributed by atoms with van der Waals surface area (Å²) in [6.45, 7) is 1.52. The van der Waals surface area contributed by atoms with Crippen molar-refractivity contribution in [1.82, 2.24) is 5.32 Å². The summed E-state index contributed by atoms with van der Waals surface area (Å²) >= 11 is 0. The number of nitrogens with one attached hydrogen (secondary N) is 1. The van der Waals surface area contributed by atoms with E-state index in [0.29, 0.717) is 16.9 Å². The summed E-state index contributed by atoms with van der Waals surface area (Å²) in [6, 6.07) is 12.6. The number of ketones is 1. The summed E-state index contributed by atoms with van der Waals surface area (Å²) in [7, 11) is 0. The number of hydrogen-bond donors (Lipinski definition) is 1. The zero-order valence-corrected chi connectivity index (χ0v) is 12.1. The highest BCUT2D eigenvalue weighted by Crippen LogP contribution is 2.13. The molecular weight excluding hydrogens is 285 g/mol. The van der Waals surface area contributed by atoms with Crippen LogP contribution in [0.3, 0.4) is 0 Å². The zero-order chi connectivity index (χ0) is 15.9. The lowest BCUT2D eigenvalue weighted by Crippen LogP contribution is -2.28. The standard InChI is InChI=1S/C17H16FNO3/c1-12(20)14-5-3-7-16(9-14)22-11-17(21)19-10-13-4-2-6-15(18)8-13/h2-9H,10-11H2,1H3,(H,19,21). The molecule has 0 aliphatic heterocycles. The number of amides is 1. The highest BCUT2D eigenvalue weighted by Gasteiger charge is 2.05. The van der Waals surface area contributed by atoms with Crippen LogP contribution >= 0.6 is 0 Å². The number of rotatable bonds is 6. The van der Waals surface area contributed by atoms with E-state index in [0.717, 1.165) is 0 Å². The Hall–Kier alpha value is -2.69. The monoisotopic (exact) mass is 301 g/mol. The number of carbonyl (C=O) groups excluding carboxylic acids is 2. The van der Waals surface area contributed by atoms with Gasteiger partial charge in [-0.25, -0.2) is 4.39 Å². The third kappa shape index (κ3) is 4.70. The molecule has 22 heavy (non-hydrogen) atoms. The molecule has 0 aromatic heterocycles. The van der Waals surface area contributed by atoms with E-state index in [2.05, 4.69) is 5.32 Å². The van der Waals surface area contributed by atoms with Crippen molar-refractivity contribution in [2.24, 2.45) is 0 Å². The Labute approximate surface area is 127 Å². The number of benzene rings is 2. The van der Waals surface area contributed by atoms with Crippen LogP contribution in [0.25, 0.3) is 0 Å². The molecule has 1 N–H and O–H groups in total. The molecule has 2 aromatic rings. The van der Waals surface area contributed by atoms with Crippen LogP contribution in [-0.2, 0) is 11.3 Å². The number of halogens is 1. The first-order chi connectivity index (χ1) is 10.5. The van der Waals surface area contributed by atoms with Gasteiger partial charge < -0.3 is 10.1 Å². The molecule has 0 spiro atoms. The van der Waals surface area contributed by atoms with E-state index in [-0.39, 0.29) is 30.7 Å². The van der Waals surface area contributed by atoms with Crippen molar-refractivity contribution >= 4 is 11.7 Å². The van der Waals surface area contributed by atoms with E-state index in [9.17, 15) is 14.0 Å². The summed E-state index contributed by atoms with van der Waals surface area (Å²) in [5.41, 5.74) is 1.20. The Morgan fingerprint density at radius 2 is 1.91 bits per heavy atom. The molecule has 0 aliphatic carbocycles. The van der Waals surface area contributed by atoms with Crippen LogP contribution in [0, 0.1) is 5.82 Å². The molecule has 0 fully saturated rings. The predicted molar refractivity (Wildman–Crippen MR) is 80.2 cm³/mol. The average molecular weight is 301 g/mol. The molecule has 0 bridgehead atoms. The fourth-order valence-electron chi connectivity index (χ4n) is 1.85. The molecule has 2 aromatic carbocycles. The van der Waals surface area contributed by atoms with Crippen LogP contribution < -0.4 is 10.1 Å². The minimum Gasteiger partial charge on any atom is -0.484 e. The van der Waals surface area contributed by atoms with Crippen LogP contribution in [0.15, 0.2) is 48.5 Å². The summed E-state index contributed by atoms with van der Waals surface area (Å²) in [4.78, 5) is 23.0. The molecule has 114 valence electrons. The van der Waals surface area contributed by atoms with Crippen molar-refractivity contribution in [3.05, 3.63) is 65.5 Å². The second-order valence-corrected chi connectivity index (χ2v) is 4.78. The highest BCUT2D eigenvalue weighted by molar-refractivity contribution is 5.94. The Balaban J connectivity index is 1.83. The first kappa shape index (κ1) is 15.7. The van der Waals surface area contributed by atoms with E-state index in [4.69, 9.17) is 4.74 Å². The minimum absolute atomic E-state index is 0.0685. The number of hydrogen-bond acceptors (Lipinski definition) is 3. The van der Waals surface area contributed by atoms with Gasteiger partial charge in [-0.1, -0.05) is 24.3 Å². The van der Waals surface area contributed by atoms with Crippen molar-refractivity contribution in [2.75, 3.05) is 6.61 Å². The zero-order valence-electron chi connectivity index (χ0n) is 12.1. The molecule has 0 saturated carbocycles. The average Bonchev–Trinajstić information content (AvgIpc) is 2.51. The van der Waals surface area contributed by atoms with Crippen LogP contribution in [0.5, 0.6) is 5.75 Å². The molecule has 2 rings (SSSR count). The van der Waals surface area contributed by atoms with E-state index in [1.807, 2.05) is 0 Å². The van der Waals surface area contributed by atoms with Gasteiger partial charge in [-0.2, -0.15) is 0 Å². The Morgan fingerprint density at radius 1 is 1.14 bits per heavy atom. The van der Waals surface area contributed by atoms with Gasteiger partial charge in [0.2, 0.25) is 0 Å². The molecule has 5 heteroatoms. The van der Waals surface area contributed by atoms with Gasteiger partial charge in [0.1, 0.15) is 11.6 Å². The van der Waals surface area contributed by atoms with Gasteiger partial charge in [-0.15, -0.1) is 0 Å². The summed E-state index contributed by atoms with van der Waals surface area (Å²) in [5, 5.41) is 2.64. The highest BCUT2D eigenvalue weighted by atomic mass is 19.1. The van der Waals surface area contributed by atoms with Gasteiger partial charge in [-0.05, 0) is 36.8 Å². The van der Waals surface area contributed by atoms with E-state index in [1.165, 1.54) is 19.1 Å². The van der Waals surface area contributed by atoms with Crippen molar-refractivity contribution < 1.29 is 18.7 Å². The third-order valence-electron chi connectivity index (χ3n) is 2.99. The maximum absolute atomic E-state index is 13.0. The predicted octanol–water partition coefficient (Wildman–Crippen LogP) is 2.72. The number of ether oxygens (including phenoxy) is 1. The van der Waals surface area contributed by atoms with Crippen molar-refractivity contribution in [2.45, 2.75) is 13.5 Å². The SMILES string of the molecule is CC(=O)c1cccc(OCC(=O)NCc2cccc(F)c2)c1. The lowest BCUT2D eigenvalue weighted by Gasteiger charge is -2.08. The minimum atomic E-state index is -0.343. The molecule has 0 atom stereocenters. The lowest BCUT2D eigenvalue weighted by atomic mass is 10.1. The third-order valence-corrected chi connectivity index (χ3v) is 2.99. The fraction of sp³-hybridized carbons (Fsp3) is 0.176. The van der Waals surface area contributed by atoms with Gasteiger partial charge >= 0.3 is 0 Å². The lowest BCUT2D eigenvalue weighted by molar-refractivity contribution is -0.123. The summed E-state index contributed by atoms with van der Waals surface area (Å²) < 4.78 is 18.3.